The predicted octanol–water partition coefficient (Wildman–Crippen LogP) is 4.27. The molecule has 4 unspecified atom stereocenters. The van der Waals surface area contributed by atoms with E-state index in [4.69, 9.17) is 16.3 Å². The van der Waals surface area contributed by atoms with E-state index in [9.17, 15) is 4.79 Å². The lowest BCUT2D eigenvalue weighted by atomic mass is 9.83. The summed E-state index contributed by atoms with van der Waals surface area (Å²) in [5.74, 6) is 0.859. The lowest BCUT2D eigenvalue weighted by Gasteiger charge is -2.31. The molecule has 6 heteroatoms. The summed E-state index contributed by atoms with van der Waals surface area (Å²) in [5, 5.41) is 0.647. The standard InChI is InChI=1S/C24H22ClN3O2/c1-30-19-13-7-16(8-14-19)23-20-21(15-5-3-2-4-6-15)26-27-22(20)24(29)28(23)18-11-9-17(25)10-12-18/h2-14,20-23,26-27H,1H3. The first-order valence-corrected chi connectivity index (χ1v) is 10.3. The number of methoxy groups -OCH3 is 1. The third-order valence-electron chi connectivity index (χ3n) is 6.03. The lowest BCUT2D eigenvalue weighted by Crippen LogP contribution is -2.41. The molecule has 4 atom stereocenters. The summed E-state index contributed by atoms with van der Waals surface area (Å²) in [6.45, 7) is 0. The number of hydrogen-bond donors (Lipinski definition) is 2. The Hall–Kier alpha value is -2.86. The van der Waals surface area contributed by atoms with Crippen LogP contribution in [0.4, 0.5) is 5.69 Å². The Balaban J connectivity index is 1.62. The van der Waals surface area contributed by atoms with Gasteiger partial charge in [0.15, 0.2) is 0 Å². The monoisotopic (exact) mass is 419 g/mol. The number of fused-ring (bicyclic) bond motifs is 1. The molecule has 5 rings (SSSR count). The van der Waals surface area contributed by atoms with Crippen molar-refractivity contribution in [1.82, 2.24) is 10.9 Å². The maximum atomic E-state index is 13.5. The van der Waals surface area contributed by atoms with Crippen molar-refractivity contribution in [3.05, 3.63) is 95.0 Å². The Morgan fingerprint density at radius 3 is 2.17 bits per heavy atom. The highest BCUT2D eigenvalue weighted by Crippen LogP contribution is 2.49. The largest absolute Gasteiger partial charge is 0.497 e. The quantitative estimate of drug-likeness (QED) is 0.663. The van der Waals surface area contributed by atoms with Crippen LogP contribution in [0.15, 0.2) is 78.9 Å². The number of anilines is 1. The number of carbonyl (C=O) groups is 1. The average molecular weight is 420 g/mol. The number of hydrazine groups is 1. The number of rotatable bonds is 4. The summed E-state index contributed by atoms with van der Waals surface area (Å²) in [5.41, 5.74) is 9.69. The van der Waals surface area contributed by atoms with Gasteiger partial charge in [-0.15, -0.1) is 0 Å². The zero-order valence-electron chi connectivity index (χ0n) is 16.5. The first kappa shape index (κ1) is 19.1. The van der Waals surface area contributed by atoms with Gasteiger partial charge >= 0.3 is 0 Å². The van der Waals surface area contributed by atoms with Gasteiger partial charge in [-0.25, -0.2) is 10.9 Å². The normalized spacial score (nSPS) is 25.4. The molecule has 2 aliphatic heterocycles. The maximum Gasteiger partial charge on any atom is 0.246 e. The molecule has 0 spiro atoms. The Bertz CT molecular complexity index is 1040. The third kappa shape index (κ3) is 3.16. The van der Waals surface area contributed by atoms with E-state index in [0.29, 0.717) is 5.02 Å². The van der Waals surface area contributed by atoms with E-state index in [0.717, 1.165) is 22.6 Å². The molecule has 0 aromatic heterocycles. The van der Waals surface area contributed by atoms with Crippen molar-refractivity contribution in [3.8, 4) is 5.75 Å². The molecule has 3 aromatic rings. The van der Waals surface area contributed by atoms with E-state index in [1.165, 1.54) is 0 Å². The second-order valence-electron chi connectivity index (χ2n) is 7.63. The first-order chi connectivity index (χ1) is 14.7. The van der Waals surface area contributed by atoms with Crippen LogP contribution in [0, 0.1) is 5.92 Å². The molecular formula is C24H22ClN3O2. The van der Waals surface area contributed by atoms with E-state index >= 15 is 0 Å². The van der Waals surface area contributed by atoms with Crippen LogP contribution in [0.1, 0.15) is 23.2 Å². The van der Waals surface area contributed by atoms with E-state index < -0.39 is 0 Å². The molecule has 30 heavy (non-hydrogen) atoms. The van der Waals surface area contributed by atoms with Crippen molar-refractivity contribution >= 4 is 23.2 Å². The summed E-state index contributed by atoms with van der Waals surface area (Å²) >= 11 is 6.10. The molecule has 2 saturated heterocycles. The van der Waals surface area contributed by atoms with Gasteiger partial charge in [-0.05, 0) is 47.5 Å². The van der Waals surface area contributed by atoms with E-state index in [2.05, 4.69) is 23.0 Å². The molecular weight excluding hydrogens is 398 g/mol. The van der Waals surface area contributed by atoms with Gasteiger partial charge in [0.05, 0.1) is 19.2 Å². The molecule has 2 aliphatic rings. The second-order valence-corrected chi connectivity index (χ2v) is 8.07. The zero-order valence-corrected chi connectivity index (χ0v) is 17.2. The molecule has 2 heterocycles. The van der Waals surface area contributed by atoms with Crippen LogP contribution in [0.2, 0.25) is 5.02 Å². The second kappa shape index (κ2) is 7.76. The Morgan fingerprint density at radius 1 is 0.833 bits per heavy atom. The predicted molar refractivity (Wildman–Crippen MR) is 117 cm³/mol. The molecule has 0 radical (unpaired) electrons. The summed E-state index contributed by atoms with van der Waals surface area (Å²) in [6.07, 6.45) is 0. The minimum absolute atomic E-state index is 0.00421. The van der Waals surface area contributed by atoms with Crippen LogP contribution in [-0.4, -0.2) is 19.1 Å². The number of hydrogen-bond acceptors (Lipinski definition) is 4. The zero-order chi connectivity index (χ0) is 20.7. The van der Waals surface area contributed by atoms with E-state index in [1.54, 1.807) is 7.11 Å². The van der Waals surface area contributed by atoms with Crippen molar-refractivity contribution in [2.75, 3.05) is 12.0 Å². The van der Waals surface area contributed by atoms with E-state index in [1.807, 2.05) is 71.6 Å². The fourth-order valence-corrected chi connectivity index (χ4v) is 4.77. The van der Waals surface area contributed by atoms with Crippen molar-refractivity contribution in [3.63, 3.8) is 0 Å². The molecule has 0 aliphatic carbocycles. The number of nitrogens with one attached hydrogen (secondary N) is 2. The Kier molecular flexibility index (Phi) is 4.95. The topological polar surface area (TPSA) is 53.6 Å². The number of ether oxygens (including phenoxy) is 1. The third-order valence-corrected chi connectivity index (χ3v) is 6.28. The van der Waals surface area contributed by atoms with E-state index in [-0.39, 0.29) is 30.0 Å². The van der Waals surface area contributed by atoms with Gasteiger partial charge in [0.1, 0.15) is 11.8 Å². The smallest absolute Gasteiger partial charge is 0.246 e. The highest BCUT2D eigenvalue weighted by Gasteiger charge is 2.55. The SMILES string of the molecule is COc1ccc(C2C3C(NNC3c3ccccc3)C(=O)N2c2ccc(Cl)cc2)cc1. The summed E-state index contributed by atoms with van der Waals surface area (Å²) in [4.78, 5) is 15.4. The van der Waals surface area contributed by atoms with Gasteiger partial charge in [-0.2, -0.15) is 0 Å². The number of carbonyl (C=O) groups excluding carboxylic acids is 1. The molecule has 1 amide bonds. The Labute approximate surface area is 180 Å². The van der Waals surface area contributed by atoms with Crippen LogP contribution < -0.4 is 20.5 Å². The molecule has 152 valence electrons. The fourth-order valence-electron chi connectivity index (χ4n) is 4.64. The molecule has 5 nitrogen and oxygen atoms in total. The van der Waals surface area contributed by atoms with Gasteiger partial charge in [0, 0.05) is 16.6 Å². The minimum atomic E-state index is -0.321. The van der Waals surface area contributed by atoms with Crippen molar-refractivity contribution < 1.29 is 9.53 Å². The van der Waals surface area contributed by atoms with Crippen LogP contribution in [-0.2, 0) is 4.79 Å². The van der Waals surface area contributed by atoms with Crippen LogP contribution in [0.5, 0.6) is 5.75 Å². The highest BCUT2D eigenvalue weighted by molar-refractivity contribution is 6.30. The van der Waals surface area contributed by atoms with Crippen molar-refractivity contribution in [2.24, 2.45) is 5.92 Å². The maximum absolute atomic E-state index is 13.5. The minimum Gasteiger partial charge on any atom is -0.497 e. The number of halogens is 1. The number of nitrogens with zero attached hydrogens (tertiary/aromatic N) is 1. The number of amides is 1. The summed E-state index contributed by atoms with van der Waals surface area (Å²) in [7, 11) is 1.65. The molecule has 2 N–H and O–H groups in total. The summed E-state index contributed by atoms with van der Waals surface area (Å²) in [6, 6.07) is 25.2. The van der Waals surface area contributed by atoms with Gasteiger partial charge in [-0.1, -0.05) is 54.1 Å². The highest BCUT2D eigenvalue weighted by atomic mass is 35.5. The Morgan fingerprint density at radius 2 is 1.50 bits per heavy atom. The van der Waals surface area contributed by atoms with Gasteiger partial charge in [-0.3, -0.25) is 4.79 Å². The lowest BCUT2D eigenvalue weighted by molar-refractivity contribution is -0.119. The molecule has 0 saturated carbocycles. The molecule has 2 fully saturated rings. The van der Waals surface area contributed by atoms with Gasteiger partial charge in [0.25, 0.3) is 0 Å². The number of benzene rings is 3. The van der Waals surface area contributed by atoms with Gasteiger partial charge in [0.2, 0.25) is 5.91 Å². The van der Waals surface area contributed by atoms with Crippen LogP contribution >= 0.6 is 11.6 Å². The van der Waals surface area contributed by atoms with Crippen LogP contribution in [0.25, 0.3) is 0 Å². The first-order valence-electron chi connectivity index (χ1n) is 9.96. The summed E-state index contributed by atoms with van der Waals surface area (Å²) < 4.78 is 5.33. The average Bonchev–Trinajstić information content (AvgIpc) is 3.34. The molecule has 3 aromatic carbocycles. The molecule has 0 bridgehead atoms. The van der Waals surface area contributed by atoms with Crippen LogP contribution in [0.3, 0.4) is 0 Å². The van der Waals surface area contributed by atoms with Crippen molar-refractivity contribution in [2.45, 2.75) is 18.1 Å². The van der Waals surface area contributed by atoms with Crippen molar-refractivity contribution in [1.29, 1.82) is 0 Å². The van der Waals surface area contributed by atoms with Gasteiger partial charge < -0.3 is 9.64 Å². The fraction of sp³-hybridized carbons (Fsp3) is 0.208.